The van der Waals surface area contributed by atoms with E-state index in [1.807, 2.05) is 57.2 Å². The summed E-state index contributed by atoms with van der Waals surface area (Å²) in [4.78, 5) is 15.0. The predicted molar refractivity (Wildman–Crippen MR) is 128 cm³/mol. The van der Waals surface area contributed by atoms with E-state index in [1.54, 1.807) is 0 Å². The largest absolute Gasteiger partial charge is 0.391 e. The van der Waals surface area contributed by atoms with E-state index in [1.165, 1.54) is 22.9 Å². The molecule has 2 aromatic rings. The molecule has 0 spiro atoms. The lowest BCUT2D eigenvalue weighted by molar-refractivity contribution is -0.114. The van der Waals surface area contributed by atoms with E-state index in [4.69, 9.17) is 0 Å². The lowest BCUT2D eigenvalue weighted by Gasteiger charge is -2.39. The lowest BCUT2D eigenvalue weighted by Crippen LogP contribution is -2.47. The first-order valence-corrected chi connectivity index (χ1v) is 11.7. The monoisotopic (exact) mass is 427 g/mol. The Balaban J connectivity index is 2.28. The lowest BCUT2D eigenvalue weighted by atomic mass is 9.90. The molecule has 0 aromatic heterocycles. The Morgan fingerprint density at radius 2 is 1.43 bits per heavy atom. The molecule has 0 saturated heterocycles. The van der Waals surface area contributed by atoms with E-state index in [-0.39, 0.29) is 28.2 Å². The van der Waals surface area contributed by atoms with Crippen LogP contribution in [0.1, 0.15) is 58.6 Å². The van der Waals surface area contributed by atoms with Gasteiger partial charge in [0.05, 0.1) is 6.10 Å². The fraction of sp³-hybridized carbons (Fsp3) is 0.500. The summed E-state index contributed by atoms with van der Waals surface area (Å²) >= 11 is 1.32. The Morgan fingerprint density at radius 1 is 0.967 bits per heavy atom. The van der Waals surface area contributed by atoms with Gasteiger partial charge < -0.3 is 5.11 Å². The molecular formula is C26H37NO2S. The summed E-state index contributed by atoms with van der Waals surface area (Å²) in [5.41, 5.74) is 2.42. The molecule has 0 heterocycles. The van der Waals surface area contributed by atoms with Crippen molar-refractivity contribution in [3.05, 3.63) is 71.8 Å². The third-order valence-electron chi connectivity index (χ3n) is 5.30. The van der Waals surface area contributed by atoms with Crippen LogP contribution in [0.25, 0.3) is 0 Å². The van der Waals surface area contributed by atoms with E-state index in [0.717, 1.165) is 19.5 Å². The molecule has 0 fully saturated rings. The van der Waals surface area contributed by atoms with Crippen molar-refractivity contribution in [1.82, 2.24) is 4.90 Å². The summed E-state index contributed by atoms with van der Waals surface area (Å²) in [6.07, 6.45) is 0.425. The van der Waals surface area contributed by atoms with Crippen molar-refractivity contribution in [2.45, 2.75) is 77.4 Å². The minimum absolute atomic E-state index is 0.0580. The Morgan fingerprint density at radius 3 is 1.83 bits per heavy atom. The molecular weight excluding hydrogens is 390 g/mol. The highest BCUT2D eigenvalue weighted by Crippen LogP contribution is 2.29. The summed E-state index contributed by atoms with van der Waals surface area (Å²) in [7, 11) is 0. The fourth-order valence-electron chi connectivity index (χ4n) is 3.80. The molecule has 3 atom stereocenters. The molecule has 2 aromatic carbocycles. The minimum Gasteiger partial charge on any atom is -0.391 e. The fourth-order valence-corrected chi connectivity index (χ4v) is 4.74. The van der Waals surface area contributed by atoms with Crippen LogP contribution in [-0.4, -0.2) is 32.0 Å². The standard InChI is InChI=1S/C26H37NO2S/c1-6-20(2)25(23(28)17-24(29)30-26(3,4)5)27(18-21-13-9-7-10-14-21)19-22-15-11-8-12-16-22/h7-16,20,23,25,28H,6,17-19H2,1-5H3/t20?,23-,25+/m0/s1. The molecule has 0 saturated carbocycles. The number of aliphatic hydroxyl groups excluding tert-OH is 1. The highest BCUT2D eigenvalue weighted by Gasteiger charge is 2.32. The average molecular weight is 428 g/mol. The van der Waals surface area contributed by atoms with Gasteiger partial charge in [-0.25, -0.2) is 0 Å². The molecule has 4 heteroatoms. The van der Waals surface area contributed by atoms with Crippen molar-refractivity contribution in [1.29, 1.82) is 0 Å². The second-order valence-corrected chi connectivity index (χ2v) is 11.0. The predicted octanol–water partition coefficient (Wildman–Crippen LogP) is 5.91. The molecule has 0 aliphatic rings. The molecule has 3 nitrogen and oxygen atoms in total. The molecule has 0 amide bonds. The van der Waals surface area contributed by atoms with Crippen molar-refractivity contribution in [3.63, 3.8) is 0 Å². The molecule has 0 bridgehead atoms. The number of thioether (sulfide) groups is 1. The molecule has 0 radical (unpaired) electrons. The van der Waals surface area contributed by atoms with Crippen LogP contribution in [0.4, 0.5) is 0 Å². The Kier molecular flexibility index (Phi) is 9.60. The van der Waals surface area contributed by atoms with Crippen LogP contribution in [0, 0.1) is 5.92 Å². The van der Waals surface area contributed by atoms with Crippen molar-refractivity contribution in [2.24, 2.45) is 5.92 Å². The van der Waals surface area contributed by atoms with Crippen LogP contribution < -0.4 is 0 Å². The second-order valence-electron chi connectivity index (χ2n) is 9.11. The smallest absolute Gasteiger partial charge is 0.192 e. The van der Waals surface area contributed by atoms with Gasteiger partial charge in [-0.05, 0) is 17.0 Å². The van der Waals surface area contributed by atoms with Gasteiger partial charge in [0.1, 0.15) is 0 Å². The van der Waals surface area contributed by atoms with E-state index in [0.29, 0.717) is 0 Å². The van der Waals surface area contributed by atoms with Crippen LogP contribution in [0.15, 0.2) is 60.7 Å². The van der Waals surface area contributed by atoms with Gasteiger partial charge in [0, 0.05) is 30.3 Å². The number of nitrogens with zero attached hydrogens (tertiary/aromatic N) is 1. The number of carbonyl (C=O) groups excluding carboxylic acids is 1. The summed E-state index contributed by atoms with van der Waals surface area (Å²) < 4.78 is -0.142. The number of rotatable bonds is 10. The quantitative estimate of drug-likeness (QED) is 0.511. The number of hydrogen-bond donors (Lipinski definition) is 1. The van der Waals surface area contributed by atoms with Crippen LogP contribution in [0.2, 0.25) is 0 Å². The highest BCUT2D eigenvalue weighted by atomic mass is 32.2. The molecule has 164 valence electrons. The normalized spacial score (nSPS) is 15.0. The van der Waals surface area contributed by atoms with Gasteiger partial charge in [-0.2, -0.15) is 0 Å². The maximum atomic E-state index is 12.6. The van der Waals surface area contributed by atoms with Gasteiger partial charge in [0.25, 0.3) is 0 Å². The van der Waals surface area contributed by atoms with Gasteiger partial charge >= 0.3 is 0 Å². The third kappa shape index (κ3) is 8.25. The van der Waals surface area contributed by atoms with E-state index >= 15 is 0 Å². The van der Waals surface area contributed by atoms with Gasteiger partial charge in [-0.1, -0.05) is 113 Å². The van der Waals surface area contributed by atoms with Crippen molar-refractivity contribution >= 4 is 16.9 Å². The number of benzene rings is 2. The topological polar surface area (TPSA) is 40.5 Å². The molecule has 2 rings (SSSR count). The summed E-state index contributed by atoms with van der Waals surface area (Å²) in [5, 5.41) is 11.3. The molecule has 0 aliphatic heterocycles. The summed E-state index contributed by atoms with van der Waals surface area (Å²) in [6, 6.07) is 20.6. The highest BCUT2D eigenvalue weighted by molar-refractivity contribution is 8.14. The van der Waals surface area contributed by atoms with Crippen LogP contribution in [-0.2, 0) is 17.9 Å². The molecule has 1 unspecified atom stereocenters. The maximum absolute atomic E-state index is 12.6. The maximum Gasteiger partial charge on any atom is 0.192 e. The number of aliphatic hydroxyl groups is 1. The zero-order valence-electron chi connectivity index (χ0n) is 19.0. The first-order valence-electron chi connectivity index (χ1n) is 10.9. The van der Waals surface area contributed by atoms with Crippen molar-refractivity contribution < 1.29 is 9.90 Å². The van der Waals surface area contributed by atoms with Crippen molar-refractivity contribution in [2.75, 3.05) is 0 Å². The van der Waals surface area contributed by atoms with E-state index in [2.05, 4.69) is 43.0 Å². The zero-order valence-corrected chi connectivity index (χ0v) is 19.9. The first kappa shape index (κ1) is 24.6. The van der Waals surface area contributed by atoms with E-state index < -0.39 is 6.10 Å². The minimum atomic E-state index is -0.699. The van der Waals surface area contributed by atoms with Crippen molar-refractivity contribution in [3.8, 4) is 0 Å². The third-order valence-corrected chi connectivity index (χ3v) is 6.30. The second kappa shape index (κ2) is 11.7. The van der Waals surface area contributed by atoms with Gasteiger partial charge in [0.2, 0.25) is 0 Å². The number of carbonyl (C=O) groups is 1. The Bertz CT molecular complexity index is 716. The van der Waals surface area contributed by atoms with E-state index in [9.17, 15) is 9.90 Å². The SMILES string of the molecule is CCC(C)[C@H]([C@@H](O)CC(=O)SC(C)(C)C)N(Cc1ccccc1)Cc1ccccc1. The van der Waals surface area contributed by atoms with Gasteiger partial charge in [-0.3, -0.25) is 9.69 Å². The van der Waals surface area contributed by atoms with Gasteiger partial charge in [0.15, 0.2) is 5.12 Å². The van der Waals surface area contributed by atoms with Crippen LogP contribution >= 0.6 is 11.8 Å². The Labute approximate surface area is 186 Å². The molecule has 0 aliphatic carbocycles. The summed E-state index contributed by atoms with van der Waals surface area (Å²) in [6.45, 7) is 11.9. The van der Waals surface area contributed by atoms with Gasteiger partial charge in [-0.15, -0.1) is 0 Å². The van der Waals surface area contributed by atoms with Crippen LogP contribution in [0.3, 0.4) is 0 Å². The molecule has 30 heavy (non-hydrogen) atoms. The molecule has 1 N–H and O–H groups in total. The Hall–Kier alpha value is -1.62. The summed E-state index contributed by atoms with van der Waals surface area (Å²) in [5.74, 6) is 0.264. The average Bonchev–Trinajstić information content (AvgIpc) is 2.68. The zero-order chi connectivity index (χ0) is 22.1. The first-order chi connectivity index (χ1) is 14.2. The van der Waals surface area contributed by atoms with Crippen LogP contribution in [0.5, 0.6) is 0 Å². The number of hydrogen-bond acceptors (Lipinski definition) is 4.